The number of halogens is 3. The molecule has 0 heterocycles. The lowest BCUT2D eigenvalue weighted by Gasteiger charge is -2.09. The molecule has 0 saturated heterocycles. The number of rotatable bonds is 2. The molecule has 0 atom stereocenters. The van der Waals surface area contributed by atoms with E-state index >= 15 is 0 Å². The molecule has 0 aliphatic heterocycles. The molecule has 0 bridgehead atoms. The van der Waals surface area contributed by atoms with E-state index in [1.54, 1.807) is 30.3 Å². The van der Waals surface area contributed by atoms with Gasteiger partial charge in [-0.2, -0.15) is 0 Å². The van der Waals surface area contributed by atoms with E-state index in [0.717, 1.165) is 3.57 Å². The maximum absolute atomic E-state index is 12.1. The van der Waals surface area contributed by atoms with Crippen LogP contribution in [-0.2, 0) is 0 Å². The van der Waals surface area contributed by atoms with Crippen LogP contribution in [0.2, 0.25) is 10.0 Å². The quantitative estimate of drug-likeness (QED) is 0.508. The zero-order valence-electron chi connectivity index (χ0n) is 9.45. The highest BCUT2D eigenvalue weighted by Gasteiger charge is 2.12. The van der Waals surface area contributed by atoms with Crippen LogP contribution < -0.4 is 5.32 Å². The first-order valence-electron chi connectivity index (χ1n) is 5.22. The summed E-state index contributed by atoms with van der Waals surface area (Å²) >= 11 is 18.4. The predicted molar refractivity (Wildman–Crippen MR) is 90.8 cm³/mol. The van der Waals surface area contributed by atoms with Gasteiger partial charge in [-0.25, -0.2) is 0 Å². The average molecular weight is 424 g/mol. The van der Waals surface area contributed by atoms with E-state index in [1.165, 1.54) is 0 Å². The molecule has 2 aromatic rings. The van der Waals surface area contributed by atoms with Crippen LogP contribution in [0.1, 0.15) is 10.4 Å². The van der Waals surface area contributed by atoms with Gasteiger partial charge < -0.3 is 5.32 Å². The Morgan fingerprint density at radius 3 is 2.53 bits per heavy atom. The normalized spacial score (nSPS) is 10.3. The van der Waals surface area contributed by atoms with Gasteiger partial charge in [0.15, 0.2) is 0 Å². The minimum absolute atomic E-state index is 0.316. The van der Waals surface area contributed by atoms with Crippen LogP contribution in [0, 0.1) is 3.57 Å². The van der Waals surface area contributed by atoms with E-state index in [4.69, 9.17) is 23.2 Å². The Morgan fingerprint density at radius 1 is 1.11 bits per heavy atom. The molecule has 0 aliphatic carbocycles. The standard InChI is InChI=1S/C13H8Cl2INOS/c14-10-3-2-8(19)6-9(10)13(18)17-12-4-1-7(16)5-11(12)15/h1-6,19H,(H,17,18). The first-order valence-corrected chi connectivity index (χ1v) is 7.50. The van der Waals surface area contributed by atoms with Crippen LogP contribution in [0.25, 0.3) is 0 Å². The molecule has 98 valence electrons. The zero-order chi connectivity index (χ0) is 14.0. The largest absolute Gasteiger partial charge is 0.321 e. The number of hydrogen-bond acceptors (Lipinski definition) is 2. The molecule has 1 N–H and O–H groups in total. The minimum atomic E-state index is -0.316. The molecule has 0 unspecified atom stereocenters. The van der Waals surface area contributed by atoms with E-state index in [1.807, 2.05) is 6.07 Å². The number of carbonyl (C=O) groups is 1. The van der Waals surface area contributed by atoms with Crippen LogP contribution in [0.4, 0.5) is 5.69 Å². The Labute approximate surface area is 140 Å². The second kappa shape index (κ2) is 6.35. The summed E-state index contributed by atoms with van der Waals surface area (Å²) in [5.41, 5.74) is 0.913. The number of hydrogen-bond donors (Lipinski definition) is 2. The zero-order valence-corrected chi connectivity index (χ0v) is 14.0. The molecule has 0 saturated carbocycles. The van der Waals surface area contributed by atoms with Gasteiger partial charge in [0.2, 0.25) is 0 Å². The molecule has 0 spiro atoms. The fourth-order valence-corrected chi connectivity index (χ4v) is 2.78. The smallest absolute Gasteiger partial charge is 0.257 e. The first kappa shape index (κ1) is 15.0. The Morgan fingerprint density at radius 2 is 1.84 bits per heavy atom. The van der Waals surface area contributed by atoms with Gasteiger partial charge in [0.05, 0.1) is 21.3 Å². The Bertz CT molecular complexity index is 649. The third kappa shape index (κ3) is 3.78. The van der Waals surface area contributed by atoms with Crippen molar-refractivity contribution in [2.24, 2.45) is 0 Å². The number of anilines is 1. The fraction of sp³-hybridized carbons (Fsp3) is 0. The van der Waals surface area contributed by atoms with Crippen molar-refractivity contribution in [2.75, 3.05) is 5.32 Å². The molecule has 2 rings (SSSR count). The molecule has 0 fully saturated rings. The van der Waals surface area contributed by atoms with Crippen molar-refractivity contribution in [3.8, 4) is 0 Å². The monoisotopic (exact) mass is 423 g/mol. The minimum Gasteiger partial charge on any atom is -0.321 e. The molecule has 2 aromatic carbocycles. The number of thiol groups is 1. The molecular weight excluding hydrogens is 416 g/mol. The lowest BCUT2D eigenvalue weighted by molar-refractivity contribution is 0.102. The first-order chi connectivity index (χ1) is 8.97. The van der Waals surface area contributed by atoms with E-state index < -0.39 is 0 Å². The van der Waals surface area contributed by atoms with Crippen LogP contribution in [0.3, 0.4) is 0 Å². The molecule has 0 radical (unpaired) electrons. The second-order valence-electron chi connectivity index (χ2n) is 3.74. The maximum atomic E-state index is 12.1. The topological polar surface area (TPSA) is 29.1 Å². The Hall–Kier alpha value is -0.430. The van der Waals surface area contributed by atoms with Crippen molar-refractivity contribution >= 4 is 70.0 Å². The predicted octanol–water partition coefficient (Wildman–Crippen LogP) is 5.14. The lowest BCUT2D eigenvalue weighted by Crippen LogP contribution is -2.12. The molecule has 19 heavy (non-hydrogen) atoms. The summed E-state index contributed by atoms with van der Waals surface area (Å²) in [7, 11) is 0. The van der Waals surface area contributed by atoms with Gasteiger partial charge in [-0.1, -0.05) is 23.2 Å². The van der Waals surface area contributed by atoms with Gasteiger partial charge in [-0.15, -0.1) is 12.6 Å². The van der Waals surface area contributed by atoms with Gasteiger partial charge in [-0.3, -0.25) is 4.79 Å². The van der Waals surface area contributed by atoms with Crippen molar-refractivity contribution in [1.82, 2.24) is 0 Å². The van der Waals surface area contributed by atoms with Gasteiger partial charge in [0, 0.05) is 8.47 Å². The van der Waals surface area contributed by atoms with Crippen molar-refractivity contribution in [2.45, 2.75) is 4.90 Å². The molecule has 0 aromatic heterocycles. The van der Waals surface area contributed by atoms with Crippen molar-refractivity contribution in [3.63, 3.8) is 0 Å². The number of amides is 1. The summed E-state index contributed by atoms with van der Waals surface area (Å²) in [5.74, 6) is -0.316. The number of nitrogens with one attached hydrogen (secondary N) is 1. The summed E-state index contributed by atoms with van der Waals surface area (Å²) < 4.78 is 0.996. The number of carbonyl (C=O) groups excluding carboxylic acids is 1. The van der Waals surface area contributed by atoms with Gasteiger partial charge in [0.25, 0.3) is 5.91 Å². The summed E-state index contributed by atoms with van der Waals surface area (Å²) in [4.78, 5) is 12.8. The Kier molecular flexibility index (Phi) is 5.00. The van der Waals surface area contributed by atoms with Crippen LogP contribution in [-0.4, -0.2) is 5.91 Å². The van der Waals surface area contributed by atoms with Crippen molar-refractivity contribution in [1.29, 1.82) is 0 Å². The van der Waals surface area contributed by atoms with Gasteiger partial charge >= 0.3 is 0 Å². The SMILES string of the molecule is O=C(Nc1ccc(I)cc1Cl)c1cc(S)ccc1Cl. The van der Waals surface area contributed by atoms with E-state index in [9.17, 15) is 4.79 Å². The van der Waals surface area contributed by atoms with E-state index in [0.29, 0.717) is 26.2 Å². The highest BCUT2D eigenvalue weighted by atomic mass is 127. The summed E-state index contributed by atoms with van der Waals surface area (Å²) in [6.07, 6.45) is 0. The van der Waals surface area contributed by atoms with E-state index in [2.05, 4.69) is 40.5 Å². The molecular formula is C13H8Cl2INOS. The van der Waals surface area contributed by atoms with Crippen molar-refractivity contribution < 1.29 is 4.79 Å². The van der Waals surface area contributed by atoms with Gasteiger partial charge in [-0.05, 0) is 59.0 Å². The van der Waals surface area contributed by atoms with Crippen LogP contribution in [0.15, 0.2) is 41.3 Å². The lowest BCUT2D eigenvalue weighted by atomic mass is 10.2. The molecule has 1 amide bonds. The fourth-order valence-electron chi connectivity index (χ4n) is 1.47. The summed E-state index contributed by atoms with van der Waals surface area (Å²) in [6, 6.07) is 10.4. The molecule has 0 aliphatic rings. The average Bonchev–Trinajstić information content (AvgIpc) is 2.35. The third-order valence-corrected chi connectivity index (χ3v) is 3.97. The highest BCUT2D eigenvalue weighted by Crippen LogP contribution is 2.26. The van der Waals surface area contributed by atoms with Crippen molar-refractivity contribution in [3.05, 3.63) is 55.6 Å². The van der Waals surface area contributed by atoms with Crippen LogP contribution in [0.5, 0.6) is 0 Å². The maximum Gasteiger partial charge on any atom is 0.257 e. The number of benzene rings is 2. The Balaban J connectivity index is 2.28. The third-order valence-electron chi connectivity index (χ3n) is 2.37. The molecule has 2 nitrogen and oxygen atoms in total. The second-order valence-corrected chi connectivity index (χ2v) is 6.32. The van der Waals surface area contributed by atoms with E-state index in [-0.39, 0.29) is 5.91 Å². The summed E-state index contributed by atoms with van der Waals surface area (Å²) in [6.45, 7) is 0. The summed E-state index contributed by atoms with van der Waals surface area (Å²) in [5, 5.41) is 3.59. The van der Waals surface area contributed by atoms with Crippen LogP contribution >= 0.6 is 58.4 Å². The van der Waals surface area contributed by atoms with Gasteiger partial charge in [0.1, 0.15) is 0 Å². The molecule has 6 heteroatoms. The highest BCUT2D eigenvalue weighted by molar-refractivity contribution is 14.1.